The van der Waals surface area contributed by atoms with Gasteiger partial charge in [0.05, 0.1) is 15.5 Å². The van der Waals surface area contributed by atoms with Gasteiger partial charge < -0.3 is 5.32 Å². The summed E-state index contributed by atoms with van der Waals surface area (Å²) in [5, 5.41) is 7.02. The second-order valence-electron chi connectivity index (χ2n) is 4.27. The maximum atomic E-state index is 13.2. The van der Waals surface area contributed by atoms with Crippen molar-refractivity contribution in [2.75, 3.05) is 5.32 Å². The molecule has 0 aliphatic rings. The normalized spacial score (nSPS) is 11.3. The number of benzene rings is 2. The molecule has 9 heteroatoms. The lowest BCUT2D eigenvalue weighted by Gasteiger charge is -2.08. The van der Waals surface area contributed by atoms with Crippen molar-refractivity contribution in [3.8, 4) is 0 Å². The van der Waals surface area contributed by atoms with Gasteiger partial charge in [0.2, 0.25) is 10.0 Å². The van der Waals surface area contributed by atoms with Crippen LogP contribution in [-0.4, -0.2) is 14.3 Å². The number of carbonyl (C=O) groups excluding carboxylic acids is 1. The quantitative estimate of drug-likeness (QED) is 0.837. The summed E-state index contributed by atoms with van der Waals surface area (Å²) in [6.45, 7) is 0. The summed E-state index contributed by atoms with van der Waals surface area (Å²) in [6, 6.07) is 6.46. The molecule has 0 aliphatic carbocycles. The molecule has 0 heterocycles. The molecule has 1 amide bonds. The molecule has 0 radical (unpaired) electrons. The number of anilines is 1. The Morgan fingerprint density at radius 1 is 1.14 bits per heavy atom. The van der Waals surface area contributed by atoms with Crippen molar-refractivity contribution in [3.05, 3.63) is 58.6 Å². The third-order valence-electron chi connectivity index (χ3n) is 2.68. The first kappa shape index (κ1) is 16.3. The van der Waals surface area contributed by atoms with Crippen molar-refractivity contribution < 1.29 is 22.0 Å². The van der Waals surface area contributed by atoms with Crippen LogP contribution in [0.4, 0.5) is 14.5 Å². The average Bonchev–Trinajstić information content (AvgIpc) is 2.42. The van der Waals surface area contributed by atoms with E-state index in [2.05, 4.69) is 5.32 Å². The van der Waals surface area contributed by atoms with Gasteiger partial charge in [-0.3, -0.25) is 4.79 Å². The van der Waals surface area contributed by atoms with E-state index in [-0.39, 0.29) is 21.2 Å². The number of primary sulfonamides is 1. The third kappa shape index (κ3) is 3.59. The summed E-state index contributed by atoms with van der Waals surface area (Å²) in [5.74, 6) is -3.24. The van der Waals surface area contributed by atoms with Crippen LogP contribution in [0.25, 0.3) is 0 Å². The predicted octanol–water partition coefficient (Wildman–Crippen LogP) is 2.52. The highest BCUT2D eigenvalue weighted by atomic mass is 35.5. The fraction of sp³-hybridized carbons (Fsp3) is 0. The van der Waals surface area contributed by atoms with Crippen LogP contribution in [0.3, 0.4) is 0 Å². The Bertz CT molecular complexity index is 856. The zero-order chi connectivity index (χ0) is 16.5. The lowest BCUT2D eigenvalue weighted by atomic mass is 10.2. The molecular formula is C13H9ClF2N2O3S. The second-order valence-corrected chi connectivity index (χ2v) is 6.24. The highest BCUT2D eigenvalue weighted by molar-refractivity contribution is 7.89. The molecule has 0 atom stereocenters. The van der Waals surface area contributed by atoms with Gasteiger partial charge in [0, 0.05) is 5.69 Å². The molecule has 0 saturated heterocycles. The number of rotatable bonds is 3. The van der Waals surface area contributed by atoms with E-state index in [1.807, 2.05) is 0 Å². The van der Waals surface area contributed by atoms with Gasteiger partial charge in [0.25, 0.3) is 5.91 Å². The van der Waals surface area contributed by atoms with E-state index in [4.69, 9.17) is 16.7 Å². The van der Waals surface area contributed by atoms with Crippen LogP contribution in [-0.2, 0) is 10.0 Å². The van der Waals surface area contributed by atoms with E-state index in [1.165, 1.54) is 18.2 Å². The lowest BCUT2D eigenvalue weighted by Crippen LogP contribution is -2.15. The number of amides is 1. The molecule has 3 N–H and O–H groups in total. The summed E-state index contributed by atoms with van der Waals surface area (Å²) in [7, 11) is -3.93. The van der Waals surface area contributed by atoms with Crippen molar-refractivity contribution in [3.63, 3.8) is 0 Å². The van der Waals surface area contributed by atoms with Crippen molar-refractivity contribution in [1.82, 2.24) is 0 Å². The van der Waals surface area contributed by atoms with Gasteiger partial charge in [-0.2, -0.15) is 0 Å². The molecule has 0 spiro atoms. The maximum absolute atomic E-state index is 13.2. The Hall–Kier alpha value is -2.03. The molecule has 2 rings (SSSR count). The number of nitrogens with two attached hydrogens (primary N) is 1. The lowest BCUT2D eigenvalue weighted by molar-refractivity contribution is 0.102. The maximum Gasteiger partial charge on any atom is 0.257 e. The van der Waals surface area contributed by atoms with Crippen LogP contribution in [0.2, 0.25) is 5.02 Å². The Labute approximate surface area is 129 Å². The fourth-order valence-corrected chi connectivity index (χ4v) is 2.44. The molecule has 116 valence electrons. The third-order valence-corrected chi connectivity index (χ3v) is 3.90. The SMILES string of the molecule is NS(=O)(=O)c1cccc(NC(=O)c2cc(F)c(F)cc2Cl)c1. The minimum absolute atomic E-state index is 0.109. The zero-order valence-electron chi connectivity index (χ0n) is 10.8. The van der Waals surface area contributed by atoms with Crippen LogP contribution in [0, 0.1) is 11.6 Å². The van der Waals surface area contributed by atoms with Crippen molar-refractivity contribution in [2.45, 2.75) is 4.90 Å². The molecule has 0 fully saturated rings. The van der Waals surface area contributed by atoms with E-state index in [1.54, 1.807) is 0 Å². The van der Waals surface area contributed by atoms with E-state index in [0.717, 1.165) is 6.07 Å². The van der Waals surface area contributed by atoms with Gasteiger partial charge >= 0.3 is 0 Å². The number of hydrogen-bond acceptors (Lipinski definition) is 3. The first-order valence-corrected chi connectivity index (χ1v) is 7.69. The van der Waals surface area contributed by atoms with E-state index >= 15 is 0 Å². The highest BCUT2D eigenvalue weighted by Crippen LogP contribution is 2.22. The van der Waals surface area contributed by atoms with Crippen LogP contribution < -0.4 is 10.5 Å². The number of hydrogen-bond donors (Lipinski definition) is 2. The standard InChI is InChI=1S/C13H9ClF2N2O3S/c14-10-6-12(16)11(15)5-9(10)13(19)18-7-2-1-3-8(4-7)22(17,20)21/h1-6H,(H,18,19)(H2,17,20,21). The van der Waals surface area contributed by atoms with Gasteiger partial charge in [-0.15, -0.1) is 0 Å². The Balaban J connectivity index is 2.32. The molecule has 2 aromatic carbocycles. The summed E-state index contributed by atoms with van der Waals surface area (Å²) in [6.07, 6.45) is 0. The van der Waals surface area contributed by atoms with Crippen molar-refractivity contribution in [1.29, 1.82) is 0 Å². The number of halogens is 3. The molecule has 22 heavy (non-hydrogen) atoms. The molecule has 5 nitrogen and oxygen atoms in total. The molecular weight excluding hydrogens is 338 g/mol. The number of carbonyl (C=O) groups is 1. The monoisotopic (exact) mass is 346 g/mol. The molecule has 0 unspecified atom stereocenters. The highest BCUT2D eigenvalue weighted by Gasteiger charge is 2.16. The largest absolute Gasteiger partial charge is 0.322 e. The summed E-state index contributed by atoms with van der Waals surface area (Å²) >= 11 is 5.68. The van der Waals surface area contributed by atoms with Gasteiger partial charge in [-0.25, -0.2) is 22.3 Å². The Kier molecular flexibility index (Phi) is 4.45. The summed E-state index contributed by atoms with van der Waals surface area (Å²) < 4.78 is 48.6. The van der Waals surface area contributed by atoms with Crippen LogP contribution >= 0.6 is 11.6 Å². The van der Waals surface area contributed by atoms with Gasteiger partial charge in [-0.05, 0) is 30.3 Å². The van der Waals surface area contributed by atoms with E-state index in [0.29, 0.717) is 12.1 Å². The van der Waals surface area contributed by atoms with Gasteiger partial charge in [0.1, 0.15) is 0 Å². The van der Waals surface area contributed by atoms with E-state index < -0.39 is 27.6 Å². The summed E-state index contributed by atoms with van der Waals surface area (Å²) in [5.41, 5.74) is -0.182. The smallest absolute Gasteiger partial charge is 0.257 e. The molecule has 0 saturated carbocycles. The van der Waals surface area contributed by atoms with Crippen LogP contribution in [0.15, 0.2) is 41.3 Å². The number of nitrogens with one attached hydrogen (secondary N) is 1. The Morgan fingerprint density at radius 3 is 2.41 bits per heavy atom. The topological polar surface area (TPSA) is 89.3 Å². The Morgan fingerprint density at radius 2 is 1.77 bits per heavy atom. The minimum atomic E-state index is -3.93. The molecule has 0 aliphatic heterocycles. The molecule has 0 aromatic heterocycles. The second kappa shape index (κ2) is 5.99. The fourth-order valence-electron chi connectivity index (χ4n) is 1.65. The number of sulfonamides is 1. The molecule has 0 bridgehead atoms. The zero-order valence-corrected chi connectivity index (χ0v) is 12.4. The van der Waals surface area contributed by atoms with Crippen LogP contribution in [0.5, 0.6) is 0 Å². The first-order valence-electron chi connectivity index (χ1n) is 5.77. The predicted molar refractivity (Wildman–Crippen MR) is 77.1 cm³/mol. The first-order chi connectivity index (χ1) is 10.2. The average molecular weight is 347 g/mol. The van der Waals surface area contributed by atoms with E-state index in [9.17, 15) is 22.0 Å². The van der Waals surface area contributed by atoms with Crippen molar-refractivity contribution in [2.24, 2.45) is 5.14 Å². The van der Waals surface area contributed by atoms with Gasteiger partial charge in [0.15, 0.2) is 11.6 Å². The van der Waals surface area contributed by atoms with Gasteiger partial charge in [-0.1, -0.05) is 17.7 Å². The molecule has 2 aromatic rings. The summed E-state index contributed by atoms with van der Waals surface area (Å²) in [4.78, 5) is 11.8. The van der Waals surface area contributed by atoms with Crippen LogP contribution in [0.1, 0.15) is 10.4 Å². The minimum Gasteiger partial charge on any atom is -0.322 e. The van der Waals surface area contributed by atoms with Crippen molar-refractivity contribution >= 4 is 33.2 Å².